The van der Waals surface area contributed by atoms with Gasteiger partial charge in [-0.2, -0.15) is 9.78 Å². The van der Waals surface area contributed by atoms with Gasteiger partial charge in [0.05, 0.1) is 0 Å². The minimum atomic E-state index is -0.502. The molecule has 7 heteroatoms. The van der Waals surface area contributed by atoms with Gasteiger partial charge in [-0.1, -0.05) is 18.7 Å². The van der Waals surface area contributed by atoms with Crippen molar-refractivity contribution in [2.45, 2.75) is 31.0 Å². The van der Waals surface area contributed by atoms with Crippen molar-refractivity contribution >= 4 is 11.8 Å². The zero-order chi connectivity index (χ0) is 11.5. The second-order valence-electron chi connectivity index (χ2n) is 3.41. The molecule has 0 radical (unpaired) electrons. The Morgan fingerprint density at radius 2 is 2.44 bits per heavy atom. The quantitative estimate of drug-likeness (QED) is 0.775. The highest BCUT2D eigenvalue weighted by molar-refractivity contribution is 7.99. The van der Waals surface area contributed by atoms with Gasteiger partial charge in [-0.25, -0.2) is 4.79 Å². The van der Waals surface area contributed by atoms with Gasteiger partial charge in [0, 0.05) is 6.61 Å². The molecule has 0 unspecified atom stereocenters. The third-order valence-electron chi connectivity index (χ3n) is 2.28. The Kier molecular flexibility index (Phi) is 3.45. The molecular formula is C9H13N3O3S. The first-order valence-electron chi connectivity index (χ1n) is 5.20. The number of hydrogen-bond acceptors (Lipinski definition) is 5. The van der Waals surface area contributed by atoms with Crippen LogP contribution < -0.4 is 11.2 Å². The number of aromatic nitrogens is 3. The van der Waals surface area contributed by atoms with Crippen molar-refractivity contribution in [3.05, 3.63) is 20.8 Å². The number of H-pyrrole nitrogens is 1. The van der Waals surface area contributed by atoms with Crippen molar-refractivity contribution in [3.8, 4) is 0 Å². The van der Waals surface area contributed by atoms with E-state index in [2.05, 4.69) is 10.1 Å². The van der Waals surface area contributed by atoms with Crippen LogP contribution in [0.2, 0.25) is 0 Å². The molecule has 1 atom stereocenters. The Hall–Kier alpha value is -1.08. The molecule has 2 rings (SSSR count). The Morgan fingerprint density at radius 1 is 1.62 bits per heavy atom. The van der Waals surface area contributed by atoms with Gasteiger partial charge in [-0.05, 0) is 18.6 Å². The van der Waals surface area contributed by atoms with Crippen LogP contribution in [0.15, 0.2) is 14.6 Å². The predicted molar refractivity (Wildman–Crippen MR) is 59.7 cm³/mol. The Labute approximate surface area is 96.0 Å². The number of aromatic amines is 1. The fourth-order valence-corrected chi connectivity index (χ4v) is 2.18. The monoisotopic (exact) mass is 243 g/mol. The van der Waals surface area contributed by atoms with E-state index in [1.807, 2.05) is 6.92 Å². The van der Waals surface area contributed by atoms with E-state index in [1.165, 1.54) is 16.4 Å². The molecule has 16 heavy (non-hydrogen) atoms. The summed E-state index contributed by atoms with van der Waals surface area (Å²) < 4.78 is 6.59. The Morgan fingerprint density at radius 3 is 3.06 bits per heavy atom. The van der Waals surface area contributed by atoms with Gasteiger partial charge in [-0.15, -0.1) is 0 Å². The van der Waals surface area contributed by atoms with Crippen LogP contribution in [0.3, 0.4) is 0 Å². The predicted octanol–water partition coefficient (Wildman–Crippen LogP) is 0.353. The lowest BCUT2D eigenvalue weighted by molar-refractivity contribution is 0.0395. The third kappa shape index (κ3) is 2.19. The van der Waals surface area contributed by atoms with Crippen LogP contribution in [-0.2, 0) is 4.74 Å². The molecule has 0 bridgehead atoms. The van der Waals surface area contributed by atoms with Gasteiger partial charge in [0.2, 0.25) is 0 Å². The maximum Gasteiger partial charge on any atom is 0.347 e. The minimum absolute atomic E-state index is 0.317. The van der Waals surface area contributed by atoms with Crippen molar-refractivity contribution in [1.82, 2.24) is 14.8 Å². The average Bonchev–Trinajstić information content (AvgIpc) is 2.75. The number of nitrogens with zero attached hydrogens (tertiary/aromatic N) is 2. The molecule has 1 aliphatic heterocycles. The van der Waals surface area contributed by atoms with Gasteiger partial charge in [0.25, 0.3) is 5.56 Å². The van der Waals surface area contributed by atoms with Crippen LogP contribution in [0.1, 0.15) is 26.0 Å². The maximum absolute atomic E-state index is 11.5. The van der Waals surface area contributed by atoms with Crippen molar-refractivity contribution in [1.29, 1.82) is 0 Å². The molecule has 1 fully saturated rings. The Balaban J connectivity index is 2.40. The molecule has 1 aliphatic rings. The molecule has 0 amide bonds. The van der Waals surface area contributed by atoms with E-state index in [0.717, 1.165) is 18.6 Å². The summed E-state index contributed by atoms with van der Waals surface area (Å²) in [5.41, 5.74) is -0.927. The third-order valence-corrected chi connectivity index (χ3v) is 3.11. The first-order valence-corrected chi connectivity index (χ1v) is 6.18. The van der Waals surface area contributed by atoms with E-state index in [4.69, 9.17) is 4.74 Å². The highest BCUT2D eigenvalue weighted by Crippen LogP contribution is 2.20. The van der Waals surface area contributed by atoms with Gasteiger partial charge >= 0.3 is 5.69 Å². The van der Waals surface area contributed by atoms with Crippen LogP contribution in [-0.4, -0.2) is 27.1 Å². The lowest BCUT2D eigenvalue weighted by atomic mass is 10.3. The van der Waals surface area contributed by atoms with E-state index >= 15 is 0 Å². The van der Waals surface area contributed by atoms with Crippen molar-refractivity contribution in [2.75, 3.05) is 12.4 Å². The normalized spacial score (nSPS) is 20.2. The molecule has 0 spiro atoms. The minimum Gasteiger partial charge on any atom is -0.356 e. The van der Waals surface area contributed by atoms with Crippen LogP contribution in [0.5, 0.6) is 0 Å². The molecule has 1 N–H and O–H groups in total. The van der Waals surface area contributed by atoms with Crippen LogP contribution in [0.25, 0.3) is 0 Å². The van der Waals surface area contributed by atoms with Gasteiger partial charge in [0.1, 0.15) is 0 Å². The SMILES string of the molecule is CCSc1nn([C@H]2CCCO2)c(=O)[nH]c1=O. The van der Waals surface area contributed by atoms with Crippen molar-refractivity contribution in [2.24, 2.45) is 0 Å². The number of hydrogen-bond donors (Lipinski definition) is 1. The molecule has 1 aromatic heterocycles. The maximum atomic E-state index is 11.5. The second-order valence-corrected chi connectivity index (χ2v) is 4.66. The second kappa shape index (κ2) is 4.84. The van der Waals surface area contributed by atoms with E-state index in [1.54, 1.807) is 0 Å². The first-order chi connectivity index (χ1) is 7.72. The summed E-state index contributed by atoms with van der Waals surface area (Å²) in [4.78, 5) is 25.2. The molecule has 88 valence electrons. The molecule has 0 aliphatic carbocycles. The molecule has 1 aromatic rings. The van der Waals surface area contributed by atoms with Gasteiger partial charge in [0.15, 0.2) is 11.3 Å². The zero-order valence-electron chi connectivity index (χ0n) is 8.93. The van der Waals surface area contributed by atoms with Crippen LogP contribution in [0.4, 0.5) is 0 Å². The molecular weight excluding hydrogens is 230 g/mol. The lowest BCUT2D eigenvalue weighted by Crippen LogP contribution is -2.35. The number of ether oxygens (including phenoxy) is 1. The summed E-state index contributed by atoms with van der Waals surface area (Å²) in [6.45, 7) is 2.56. The molecule has 2 heterocycles. The lowest BCUT2D eigenvalue weighted by Gasteiger charge is -2.11. The van der Waals surface area contributed by atoms with E-state index < -0.39 is 11.2 Å². The summed E-state index contributed by atoms with van der Waals surface area (Å²) in [6, 6.07) is 0. The highest BCUT2D eigenvalue weighted by Gasteiger charge is 2.21. The smallest absolute Gasteiger partial charge is 0.347 e. The average molecular weight is 243 g/mol. The Bertz CT molecular complexity index is 476. The standard InChI is InChI=1S/C9H13N3O3S/c1-2-16-8-7(13)10-9(14)12(11-8)6-4-3-5-15-6/h6H,2-5H2,1H3,(H,10,13,14)/t6-/m1/s1. The summed E-state index contributed by atoms with van der Waals surface area (Å²) in [5.74, 6) is 0.736. The first kappa shape index (κ1) is 11.4. The summed E-state index contributed by atoms with van der Waals surface area (Å²) in [7, 11) is 0. The summed E-state index contributed by atoms with van der Waals surface area (Å²) >= 11 is 1.31. The zero-order valence-corrected chi connectivity index (χ0v) is 9.75. The number of nitrogens with one attached hydrogen (secondary N) is 1. The van der Waals surface area contributed by atoms with Gasteiger partial charge < -0.3 is 4.74 Å². The fraction of sp³-hybridized carbons (Fsp3) is 0.667. The molecule has 0 saturated carbocycles. The largest absolute Gasteiger partial charge is 0.356 e. The van der Waals surface area contributed by atoms with E-state index in [9.17, 15) is 9.59 Å². The summed E-state index contributed by atoms with van der Waals surface area (Å²) in [6.07, 6.45) is 1.34. The van der Waals surface area contributed by atoms with Crippen molar-refractivity contribution in [3.63, 3.8) is 0 Å². The topological polar surface area (TPSA) is 77.0 Å². The number of thioether (sulfide) groups is 1. The van der Waals surface area contributed by atoms with Crippen LogP contribution >= 0.6 is 11.8 Å². The van der Waals surface area contributed by atoms with E-state index in [-0.39, 0.29) is 6.23 Å². The highest BCUT2D eigenvalue weighted by atomic mass is 32.2. The van der Waals surface area contributed by atoms with Crippen LogP contribution in [0, 0.1) is 0 Å². The molecule has 1 saturated heterocycles. The van der Waals surface area contributed by atoms with Crippen molar-refractivity contribution < 1.29 is 4.74 Å². The number of rotatable bonds is 3. The van der Waals surface area contributed by atoms with Gasteiger partial charge in [-0.3, -0.25) is 9.78 Å². The fourth-order valence-electron chi connectivity index (χ4n) is 1.58. The molecule has 0 aromatic carbocycles. The molecule has 6 nitrogen and oxygen atoms in total. The summed E-state index contributed by atoms with van der Waals surface area (Å²) in [5, 5.41) is 4.36. The van der Waals surface area contributed by atoms with E-state index in [0.29, 0.717) is 11.6 Å².